The van der Waals surface area contributed by atoms with E-state index in [0.29, 0.717) is 42.1 Å². The number of nitrogens with one attached hydrogen (secondary N) is 2. The number of rotatable bonds is 7. The lowest BCUT2D eigenvalue weighted by molar-refractivity contribution is -0.116. The van der Waals surface area contributed by atoms with E-state index in [1.807, 2.05) is 19.1 Å². The van der Waals surface area contributed by atoms with Crippen LogP contribution in [0.1, 0.15) is 28.8 Å². The first-order valence-corrected chi connectivity index (χ1v) is 8.09. The third-order valence-electron chi connectivity index (χ3n) is 3.64. The fourth-order valence-electron chi connectivity index (χ4n) is 2.32. The highest BCUT2D eigenvalue weighted by Gasteiger charge is 2.12. The van der Waals surface area contributed by atoms with E-state index in [2.05, 4.69) is 10.6 Å². The van der Waals surface area contributed by atoms with Gasteiger partial charge >= 0.3 is 0 Å². The predicted octanol–water partition coefficient (Wildman–Crippen LogP) is 2.93. The standard InChI is InChI=1S/C19H23N3O3/c1-13-5-3-6-14(11-13)19(24)22-16-9-8-15(25-2)12-17(16)21-18(23)7-4-10-20/h3,5-6,8-9,11-12H,4,7,10,20H2,1-2H3,(H,21,23)(H,22,24). The zero-order valence-electron chi connectivity index (χ0n) is 14.5. The van der Waals surface area contributed by atoms with Crippen LogP contribution in [0.2, 0.25) is 0 Å². The van der Waals surface area contributed by atoms with Gasteiger partial charge < -0.3 is 21.1 Å². The van der Waals surface area contributed by atoms with E-state index in [1.165, 1.54) is 0 Å². The molecule has 6 nitrogen and oxygen atoms in total. The summed E-state index contributed by atoms with van der Waals surface area (Å²) in [6.07, 6.45) is 0.916. The Labute approximate surface area is 147 Å². The first kappa shape index (κ1) is 18.5. The summed E-state index contributed by atoms with van der Waals surface area (Å²) in [4.78, 5) is 24.5. The number of aryl methyl sites for hydroxylation is 1. The molecule has 0 fully saturated rings. The van der Waals surface area contributed by atoms with Crippen molar-refractivity contribution < 1.29 is 14.3 Å². The van der Waals surface area contributed by atoms with Crippen molar-refractivity contribution in [2.45, 2.75) is 19.8 Å². The molecule has 0 aromatic heterocycles. The molecular formula is C19H23N3O3. The molecule has 2 aromatic rings. The maximum absolute atomic E-state index is 12.5. The van der Waals surface area contributed by atoms with Gasteiger partial charge in [-0.3, -0.25) is 9.59 Å². The minimum Gasteiger partial charge on any atom is -0.497 e. The van der Waals surface area contributed by atoms with Crippen molar-refractivity contribution in [1.29, 1.82) is 0 Å². The van der Waals surface area contributed by atoms with Gasteiger partial charge in [-0.2, -0.15) is 0 Å². The van der Waals surface area contributed by atoms with E-state index in [-0.39, 0.29) is 11.8 Å². The second kappa shape index (κ2) is 8.84. The molecule has 6 heteroatoms. The van der Waals surface area contributed by atoms with Crippen molar-refractivity contribution in [3.8, 4) is 5.75 Å². The van der Waals surface area contributed by atoms with Gasteiger partial charge in [-0.05, 0) is 44.2 Å². The van der Waals surface area contributed by atoms with E-state index >= 15 is 0 Å². The summed E-state index contributed by atoms with van der Waals surface area (Å²) in [5.74, 6) is 0.179. The second-order valence-electron chi connectivity index (χ2n) is 5.68. The van der Waals surface area contributed by atoms with Crippen LogP contribution in [0, 0.1) is 6.92 Å². The van der Waals surface area contributed by atoms with Crippen molar-refractivity contribution in [3.63, 3.8) is 0 Å². The minimum absolute atomic E-state index is 0.162. The first-order valence-electron chi connectivity index (χ1n) is 8.09. The van der Waals surface area contributed by atoms with Gasteiger partial charge in [0, 0.05) is 18.1 Å². The van der Waals surface area contributed by atoms with Crippen LogP contribution in [0.15, 0.2) is 42.5 Å². The molecule has 0 saturated heterocycles. The normalized spacial score (nSPS) is 10.2. The summed E-state index contributed by atoms with van der Waals surface area (Å²) >= 11 is 0. The topological polar surface area (TPSA) is 93.5 Å². The highest BCUT2D eigenvalue weighted by atomic mass is 16.5. The summed E-state index contributed by atoms with van der Waals surface area (Å²) in [6.45, 7) is 2.37. The third kappa shape index (κ3) is 5.32. The molecule has 0 heterocycles. The van der Waals surface area contributed by atoms with E-state index in [0.717, 1.165) is 5.56 Å². The summed E-state index contributed by atoms with van der Waals surface area (Å²) in [5.41, 5.74) is 7.98. The van der Waals surface area contributed by atoms with E-state index in [9.17, 15) is 9.59 Å². The van der Waals surface area contributed by atoms with Crippen LogP contribution in [0.3, 0.4) is 0 Å². The number of anilines is 2. The fraction of sp³-hybridized carbons (Fsp3) is 0.263. The zero-order valence-corrected chi connectivity index (χ0v) is 14.5. The Morgan fingerprint density at radius 2 is 1.88 bits per heavy atom. The molecular weight excluding hydrogens is 318 g/mol. The smallest absolute Gasteiger partial charge is 0.255 e. The number of carbonyl (C=O) groups is 2. The molecule has 0 atom stereocenters. The van der Waals surface area contributed by atoms with Crippen molar-refractivity contribution in [3.05, 3.63) is 53.6 Å². The molecule has 2 rings (SSSR count). The van der Waals surface area contributed by atoms with Gasteiger partial charge in [-0.15, -0.1) is 0 Å². The van der Waals surface area contributed by atoms with Gasteiger partial charge in [-0.25, -0.2) is 0 Å². The van der Waals surface area contributed by atoms with Crippen molar-refractivity contribution >= 4 is 23.2 Å². The van der Waals surface area contributed by atoms with E-state index in [4.69, 9.17) is 10.5 Å². The van der Waals surface area contributed by atoms with E-state index in [1.54, 1.807) is 37.4 Å². The molecule has 0 aliphatic heterocycles. The summed E-state index contributed by atoms with van der Waals surface area (Å²) in [5, 5.41) is 5.63. The average Bonchev–Trinajstić information content (AvgIpc) is 2.61. The predicted molar refractivity (Wildman–Crippen MR) is 99.0 cm³/mol. The quantitative estimate of drug-likeness (QED) is 0.722. The zero-order chi connectivity index (χ0) is 18.2. The Hall–Kier alpha value is -2.86. The van der Waals surface area contributed by atoms with Crippen LogP contribution in [0.5, 0.6) is 5.75 Å². The lowest BCUT2D eigenvalue weighted by atomic mass is 10.1. The average molecular weight is 341 g/mol. The molecule has 4 N–H and O–H groups in total. The Morgan fingerprint density at radius 3 is 2.56 bits per heavy atom. The van der Waals surface area contributed by atoms with Crippen LogP contribution in [-0.4, -0.2) is 25.5 Å². The number of methoxy groups -OCH3 is 1. The van der Waals surface area contributed by atoms with Crippen LogP contribution in [0.25, 0.3) is 0 Å². The largest absolute Gasteiger partial charge is 0.497 e. The van der Waals surface area contributed by atoms with Crippen LogP contribution < -0.4 is 21.1 Å². The molecule has 0 radical (unpaired) electrons. The number of carbonyl (C=O) groups excluding carboxylic acids is 2. The maximum Gasteiger partial charge on any atom is 0.255 e. The molecule has 2 amide bonds. The Kier molecular flexibility index (Phi) is 6.54. The molecule has 0 aliphatic rings. The van der Waals surface area contributed by atoms with Gasteiger partial charge in [0.15, 0.2) is 0 Å². The fourth-order valence-corrected chi connectivity index (χ4v) is 2.32. The Balaban J connectivity index is 2.21. The Morgan fingerprint density at radius 1 is 1.08 bits per heavy atom. The molecule has 25 heavy (non-hydrogen) atoms. The number of ether oxygens (including phenoxy) is 1. The van der Waals surface area contributed by atoms with Crippen LogP contribution >= 0.6 is 0 Å². The van der Waals surface area contributed by atoms with Crippen molar-refractivity contribution in [2.24, 2.45) is 5.73 Å². The lowest BCUT2D eigenvalue weighted by Crippen LogP contribution is -2.17. The van der Waals surface area contributed by atoms with Gasteiger partial charge in [0.1, 0.15) is 5.75 Å². The van der Waals surface area contributed by atoms with Gasteiger partial charge in [0.2, 0.25) is 5.91 Å². The van der Waals surface area contributed by atoms with Gasteiger partial charge in [0.25, 0.3) is 5.91 Å². The van der Waals surface area contributed by atoms with Crippen LogP contribution in [0.4, 0.5) is 11.4 Å². The SMILES string of the molecule is COc1ccc(NC(=O)c2cccc(C)c2)c(NC(=O)CCCN)c1. The minimum atomic E-state index is -0.244. The number of hydrogen-bond donors (Lipinski definition) is 3. The number of nitrogens with two attached hydrogens (primary N) is 1. The first-order chi connectivity index (χ1) is 12.0. The monoisotopic (exact) mass is 341 g/mol. The summed E-state index contributed by atoms with van der Waals surface area (Å²) in [6, 6.07) is 12.4. The van der Waals surface area contributed by atoms with Crippen LogP contribution in [-0.2, 0) is 4.79 Å². The van der Waals surface area contributed by atoms with Crippen molar-refractivity contribution in [2.75, 3.05) is 24.3 Å². The molecule has 2 aromatic carbocycles. The molecule has 0 spiro atoms. The maximum atomic E-state index is 12.5. The summed E-state index contributed by atoms with van der Waals surface area (Å²) in [7, 11) is 1.54. The number of hydrogen-bond acceptors (Lipinski definition) is 4. The number of benzene rings is 2. The molecule has 0 bridgehead atoms. The third-order valence-corrected chi connectivity index (χ3v) is 3.64. The van der Waals surface area contributed by atoms with Gasteiger partial charge in [-0.1, -0.05) is 17.7 Å². The molecule has 132 valence electrons. The van der Waals surface area contributed by atoms with Crippen molar-refractivity contribution in [1.82, 2.24) is 0 Å². The summed E-state index contributed by atoms with van der Waals surface area (Å²) < 4.78 is 5.19. The number of amides is 2. The molecule has 0 unspecified atom stereocenters. The van der Waals surface area contributed by atoms with Gasteiger partial charge in [0.05, 0.1) is 18.5 Å². The highest BCUT2D eigenvalue weighted by molar-refractivity contribution is 6.07. The van der Waals surface area contributed by atoms with E-state index < -0.39 is 0 Å². The lowest BCUT2D eigenvalue weighted by Gasteiger charge is -2.14. The second-order valence-corrected chi connectivity index (χ2v) is 5.68. The molecule has 0 aliphatic carbocycles. The Bertz CT molecular complexity index is 759. The highest BCUT2D eigenvalue weighted by Crippen LogP contribution is 2.28. The molecule has 0 saturated carbocycles.